The molecule has 0 aromatic carbocycles. The first kappa shape index (κ1) is 15.5. The zero-order valence-electron chi connectivity index (χ0n) is 12.6. The number of hydrogen-bond acceptors (Lipinski definition) is 4. The highest BCUT2D eigenvalue weighted by Crippen LogP contribution is 2.26. The molecule has 0 spiro atoms. The van der Waals surface area contributed by atoms with Crippen molar-refractivity contribution < 1.29 is 14.7 Å². The molecule has 22 heavy (non-hydrogen) atoms. The van der Waals surface area contributed by atoms with E-state index in [1.165, 1.54) is 12.8 Å². The largest absolute Gasteiger partial charge is 0.480 e. The minimum Gasteiger partial charge on any atom is -0.480 e. The third-order valence-corrected chi connectivity index (χ3v) is 5.50. The number of aliphatic carboxylic acids is 1. The third kappa shape index (κ3) is 3.33. The molecule has 0 saturated carbocycles. The molecule has 0 aliphatic carbocycles. The fourth-order valence-electron chi connectivity index (χ4n) is 3.59. The van der Waals surface area contributed by atoms with E-state index in [4.69, 9.17) is 0 Å². The molecule has 5 nitrogen and oxygen atoms in total. The van der Waals surface area contributed by atoms with Gasteiger partial charge in [0.2, 0.25) is 5.91 Å². The Morgan fingerprint density at radius 2 is 2.05 bits per heavy atom. The summed E-state index contributed by atoms with van der Waals surface area (Å²) >= 11 is 1.56. The minimum atomic E-state index is -0.873. The number of piperidine rings is 1. The monoisotopic (exact) mass is 322 g/mol. The molecule has 0 radical (unpaired) electrons. The van der Waals surface area contributed by atoms with Gasteiger partial charge in [0, 0.05) is 12.6 Å². The Morgan fingerprint density at radius 1 is 1.27 bits per heavy atom. The first-order valence-corrected chi connectivity index (χ1v) is 8.87. The highest BCUT2D eigenvalue weighted by molar-refractivity contribution is 7.08. The van der Waals surface area contributed by atoms with Gasteiger partial charge in [0.1, 0.15) is 6.04 Å². The quantitative estimate of drug-likeness (QED) is 0.919. The summed E-state index contributed by atoms with van der Waals surface area (Å²) in [5.74, 6) is -0.937. The van der Waals surface area contributed by atoms with E-state index < -0.39 is 12.0 Å². The maximum absolute atomic E-state index is 12.5. The molecular formula is C16H22N2O3S. The van der Waals surface area contributed by atoms with Crippen LogP contribution in [0.15, 0.2) is 16.8 Å². The highest BCUT2D eigenvalue weighted by Gasteiger charge is 2.38. The predicted molar refractivity (Wildman–Crippen MR) is 85.0 cm³/mol. The molecule has 120 valence electrons. The highest BCUT2D eigenvalue weighted by atomic mass is 32.1. The number of carboxylic acid groups (broad SMARTS) is 1. The van der Waals surface area contributed by atoms with Gasteiger partial charge in [0.15, 0.2) is 0 Å². The number of rotatable bonds is 4. The average molecular weight is 322 g/mol. The molecule has 1 amide bonds. The summed E-state index contributed by atoms with van der Waals surface area (Å²) in [5.41, 5.74) is 0.973. The topological polar surface area (TPSA) is 60.9 Å². The lowest BCUT2D eigenvalue weighted by atomic mass is 9.95. The van der Waals surface area contributed by atoms with Crippen LogP contribution < -0.4 is 0 Å². The molecule has 2 aliphatic rings. The lowest BCUT2D eigenvalue weighted by molar-refractivity contribution is -0.153. The van der Waals surface area contributed by atoms with E-state index in [2.05, 4.69) is 4.90 Å². The SMILES string of the molecule is O=C(O)[C@@H]1C[C@H](N2CCCC2)CCN1C(=O)Cc1ccsc1. The van der Waals surface area contributed by atoms with Crippen molar-refractivity contribution >= 4 is 23.2 Å². The first-order chi connectivity index (χ1) is 10.6. The van der Waals surface area contributed by atoms with Crippen LogP contribution in [0.1, 0.15) is 31.2 Å². The molecule has 1 N–H and O–H groups in total. The van der Waals surface area contributed by atoms with E-state index >= 15 is 0 Å². The van der Waals surface area contributed by atoms with E-state index in [1.54, 1.807) is 16.2 Å². The van der Waals surface area contributed by atoms with E-state index in [1.807, 2.05) is 16.8 Å². The van der Waals surface area contributed by atoms with Gasteiger partial charge in [0.25, 0.3) is 0 Å². The van der Waals surface area contributed by atoms with Crippen LogP contribution in [-0.4, -0.2) is 58.5 Å². The molecule has 2 fully saturated rings. The lowest BCUT2D eigenvalue weighted by Crippen LogP contribution is -2.54. The molecule has 2 aliphatic heterocycles. The van der Waals surface area contributed by atoms with Crippen molar-refractivity contribution in [1.82, 2.24) is 9.80 Å². The third-order valence-electron chi connectivity index (χ3n) is 4.77. The van der Waals surface area contributed by atoms with Crippen molar-refractivity contribution in [3.63, 3.8) is 0 Å². The van der Waals surface area contributed by atoms with Crippen LogP contribution in [0.4, 0.5) is 0 Å². The molecule has 2 atom stereocenters. The summed E-state index contributed by atoms with van der Waals surface area (Å²) in [5, 5.41) is 13.4. The Hall–Kier alpha value is -1.40. The number of carbonyl (C=O) groups excluding carboxylic acids is 1. The number of carbonyl (C=O) groups is 2. The van der Waals surface area contributed by atoms with Gasteiger partial charge >= 0.3 is 5.97 Å². The van der Waals surface area contributed by atoms with E-state index in [0.717, 1.165) is 25.1 Å². The van der Waals surface area contributed by atoms with Crippen LogP contribution in [-0.2, 0) is 16.0 Å². The fraction of sp³-hybridized carbons (Fsp3) is 0.625. The minimum absolute atomic E-state index is 0.0642. The van der Waals surface area contributed by atoms with Crippen molar-refractivity contribution in [1.29, 1.82) is 0 Å². The second kappa shape index (κ2) is 6.79. The summed E-state index contributed by atoms with van der Waals surface area (Å²) in [7, 11) is 0. The molecule has 3 rings (SSSR count). The molecular weight excluding hydrogens is 300 g/mol. The Labute approximate surface area is 134 Å². The molecule has 0 unspecified atom stereocenters. The summed E-state index contributed by atoms with van der Waals surface area (Å²) in [4.78, 5) is 28.1. The van der Waals surface area contributed by atoms with Crippen molar-refractivity contribution in [3.8, 4) is 0 Å². The summed E-state index contributed by atoms with van der Waals surface area (Å²) < 4.78 is 0. The Morgan fingerprint density at radius 3 is 2.68 bits per heavy atom. The number of hydrogen-bond donors (Lipinski definition) is 1. The fourth-order valence-corrected chi connectivity index (χ4v) is 4.26. The normalized spacial score (nSPS) is 26.3. The Balaban J connectivity index is 1.66. The van der Waals surface area contributed by atoms with Crippen LogP contribution in [0.5, 0.6) is 0 Å². The summed E-state index contributed by atoms with van der Waals surface area (Å²) in [6.45, 7) is 2.70. The van der Waals surface area contributed by atoms with Crippen LogP contribution in [0.25, 0.3) is 0 Å². The van der Waals surface area contributed by atoms with Gasteiger partial charge in [-0.15, -0.1) is 0 Å². The first-order valence-electron chi connectivity index (χ1n) is 7.92. The van der Waals surface area contributed by atoms with Crippen molar-refractivity contribution in [2.45, 2.75) is 44.2 Å². The van der Waals surface area contributed by atoms with Gasteiger partial charge in [-0.3, -0.25) is 4.79 Å². The zero-order valence-corrected chi connectivity index (χ0v) is 13.4. The zero-order chi connectivity index (χ0) is 15.5. The molecule has 6 heteroatoms. The van der Waals surface area contributed by atoms with Crippen molar-refractivity contribution in [3.05, 3.63) is 22.4 Å². The van der Waals surface area contributed by atoms with E-state index in [0.29, 0.717) is 25.4 Å². The van der Waals surface area contributed by atoms with Gasteiger partial charge in [-0.1, -0.05) is 0 Å². The standard InChI is InChI=1S/C16H22N2O3S/c19-15(9-12-4-8-22-11-12)18-7-3-13(10-14(18)16(20)21)17-5-1-2-6-17/h4,8,11,13-14H,1-3,5-7,9-10H2,(H,20,21)/t13-,14+/m1/s1. The van der Waals surface area contributed by atoms with Gasteiger partial charge in [-0.05, 0) is 61.2 Å². The van der Waals surface area contributed by atoms with Crippen LogP contribution in [0.2, 0.25) is 0 Å². The summed E-state index contributed by atoms with van der Waals surface area (Å²) in [6, 6.07) is 1.56. The van der Waals surface area contributed by atoms with Crippen molar-refractivity contribution in [2.75, 3.05) is 19.6 Å². The average Bonchev–Trinajstić information content (AvgIpc) is 3.19. The van der Waals surface area contributed by atoms with Gasteiger partial charge in [0.05, 0.1) is 6.42 Å². The van der Waals surface area contributed by atoms with E-state index in [9.17, 15) is 14.7 Å². The molecule has 2 saturated heterocycles. The number of amides is 1. The molecule has 3 heterocycles. The number of thiophene rings is 1. The number of nitrogens with zero attached hydrogens (tertiary/aromatic N) is 2. The van der Waals surface area contributed by atoms with Gasteiger partial charge in [-0.25, -0.2) is 4.79 Å². The molecule has 1 aromatic rings. The van der Waals surface area contributed by atoms with Gasteiger partial charge < -0.3 is 14.9 Å². The smallest absolute Gasteiger partial charge is 0.326 e. The van der Waals surface area contributed by atoms with Crippen LogP contribution in [0.3, 0.4) is 0 Å². The Bertz CT molecular complexity index is 526. The summed E-state index contributed by atoms with van der Waals surface area (Å²) in [6.07, 6.45) is 4.16. The van der Waals surface area contributed by atoms with Crippen LogP contribution >= 0.6 is 11.3 Å². The number of carboxylic acids is 1. The predicted octanol–water partition coefficient (Wildman–Crippen LogP) is 1.83. The van der Waals surface area contributed by atoms with Gasteiger partial charge in [-0.2, -0.15) is 11.3 Å². The molecule has 1 aromatic heterocycles. The maximum atomic E-state index is 12.5. The molecule has 0 bridgehead atoms. The van der Waals surface area contributed by atoms with Crippen molar-refractivity contribution in [2.24, 2.45) is 0 Å². The lowest BCUT2D eigenvalue weighted by Gasteiger charge is -2.40. The van der Waals surface area contributed by atoms with E-state index in [-0.39, 0.29) is 5.91 Å². The Kier molecular flexibility index (Phi) is 4.78. The van der Waals surface area contributed by atoms with Crippen LogP contribution in [0, 0.1) is 0 Å². The maximum Gasteiger partial charge on any atom is 0.326 e. The second-order valence-electron chi connectivity index (χ2n) is 6.17. The number of likely N-dealkylation sites (tertiary alicyclic amines) is 2. The second-order valence-corrected chi connectivity index (χ2v) is 6.95.